The summed E-state index contributed by atoms with van der Waals surface area (Å²) in [5, 5.41) is 12.0. The first-order valence-electron chi connectivity index (χ1n) is 13.3. The van der Waals surface area contributed by atoms with Crippen LogP contribution in [-0.2, 0) is 6.42 Å². The summed E-state index contributed by atoms with van der Waals surface area (Å²) < 4.78 is 0. The zero-order valence-corrected chi connectivity index (χ0v) is 23.7. The number of nitrogens with one attached hydrogen (secondary N) is 1. The molecule has 0 unspecified atom stereocenters. The van der Waals surface area contributed by atoms with Crippen LogP contribution in [0.1, 0.15) is 114 Å². The number of allylic oxidation sites excluding steroid dienone is 1. The number of unbranched alkanes of at least 4 members (excludes halogenated alkanes) is 4. The first-order valence-corrected chi connectivity index (χ1v) is 13.3. The minimum atomic E-state index is 0.819. The lowest BCUT2D eigenvalue weighted by molar-refractivity contribution is 0.715. The summed E-state index contributed by atoms with van der Waals surface area (Å²) in [5.74, 6) is 0. The van der Waals surface area contributed by atoms with Gasteiger partial charge in [-0.15, -0.1) is 0 Å². The zero-order chi connectivity index (χ0) is 26.2. The van der Waals surface area contributed by atoms with Crippen LogP contribution in [0.25, 0.3) is 0 Å². The number of hydrogen-bond donors (Lipinski definition) is 1. The summed E-state index contributed by atoms with van der Waals surface area (Å²) in [7, 11) is 0. The summed E-state index contributed by atoms with van der Waals surface area (Å²) in [6.07, 6.45) is 14.0. The average molecular weight is 465 g/mol. The molecule has 0 aliphatic carbocycles. The molecule has 0 heterocycles. The topological polar surface area (TPSA) is 35.8 Å². The van der Waals surface area contributed by atoms with Gasteiger partial charge in [0.2, 0.25) is 0 Å². The molecule has 34 heavy (non-hydrogen) atoms. The van der Waals surface area contributed by atoms with Crippen LogP contribution in [0.3, 0.4) is 0 Å². The van der Waals surface area contributed by atoms with E-state index >= 15 is 0 Å². The third-order valence-corrected chi connectivity index (χ3v) is 5.54. The van der Waals surface area contributed by atoms with E-state index in [0.29, 0.717) is 0 Å². The van der Waals surface area contributed by atoms with Crippen molar-refractivity contribution >= 4 is 5.69 Å². The van der Waals surface area contributed by atoms with Gasteiger partial charge in [-0.3, -0.25) is 0 Å². The SMILES string of the molecule is C/C=C\Nc1ccc(C)c(C)c1.CCCC.CCCC.CCCCCc1cccc(C#N)c1C. The molecule has 0 saturated heterocycles. The molecule has 0 amide bonds. The Balaban J connectivity index is 0. The van der Waals surface area contributed by atoms with Crippen molar-refractivity contribution in [3.05, 3.63) is 76.5 Å². The van der Waals surface area contributed by atoms with Gasteiger partial charge in [-0.05, 0) is 87.2 Å². The van der Waals surface area contributed by atoms with Gasteiger partial charge in [0.05, 0.1) is 11.6 Å². The van der Waals surface area contributed by atoms with E-state index in [4.69, 9.17) is 5.26 Å². The molecule has 0 fully saturated rings. The molecule has 2 rings (SSSR count). The number of anilines is 1. The number of nitrogens with zero attached hydrogens (tertiary/aromatic N) is 1. The van der Waals surface area contributed by atoms with Crippen molar-refractivity contribution in [3.63, 3.8) is 0 Å². The normalized spacial score (nSPS) is 9.53. The quantitative estimate of drug-likeness (QED) is 0.394. The highest BCUT2D eigenvalue weighted by Crippen LogP contribution is 2.16. The highest BCUT2D eigenvalue weighted by Gasteiger charge is 2.02. The molecule has 1 N–H and O–H groups in total. The summed E-state index contributed by atoms with van der Waals surface area (Å²) >= 11 is 0. The predicted octanol–water partition coefficient (Wildman–Crippen LogP) is 10.5. The number of aryl methyl sites for hydroxylation is 3. The number of rotatable bonds is 8. The lowest BCUT2D eigenvalue weighted by Gasteiger charge is -2.06. The van der Waals surface area contributed by atoms with E-state index < -0.39 is 0 Å². The van der Waals surface area contributed by atoms with Crippen molar-refractivity contribution < 1.29 is 0 Å². The summed E-state index contributed by atoms with van der Waals surface area (Å²) in [5.41, 5.74) is 7.12. The maximum absolute atomic E-state index is 8.86. The van der Waals surface area contributed by atoms with Crippen molar-refractivity contribution in [2.75, 3.05) is 5.32 Å². The van der Waals surface area contributed by atoms with Gasteiger partial charge in [-0.25, -0.2) is 0 Å². The number of benzene rings is 2. The van der Waals surface area contributed by atoms with Gasteiger partial charge in [0.15, 0.2) is 0 Å². The number of nitriles is 1. The Kier molecular flexibility index (Phi) is 23.4. The Morgan fingerprint density at radius 3 is 1.88 bits per heavy atom. The second kappa shape index (κ2) is 23.6. The Morgan fingerprint density at radius 2 is 1.41 bits per heavy atom. The van der Waals surface area contributed by atoms with Crippen LogP contribution in [0.15, 0.2) is 48.7 Å². The Labute approximate surface area is 212 Å². The molecule has 0 aliphatic heterocycles. The zero-order valence-electron chi connectivity index (χ0n) is 23.7. The molecule has 0 aromatic heterocycles. The van der Waals surface area contributed by atoms with E-state index in [1.54, 1.807) is 0 Å². The van der Waals surface area contributed by atoms with E-state index in [9.17, 15) is 0 Å². The van der Waals surface area contributed by atoms with Gasteiger partial charge in [0, 0.05) is 5.69 Å². The molecule has 0 saturated carbocycles. The smallest absolute Gasteiger partial charge is 0.0994 e. The maximum atomic E-state index is 8.86. The standard InChI is InChI=1S/C13H17N.C11H15N.2C4H10/c1-3-4-5-7-12-8-6-9-13(10-14)11(12)2;1-4-7-12-11-6-5-9(2)10(3)8-11;2*1-3-4-2/h6,8-9H,3-5,7H2,1-2H3;4-8,12H,1-3H3;2*3-4H2,1-2H3/b;7-4-;;. The monoisotopic (exact) mass is 464 g/mol. The molecule has 2 aromatic carbocycles. The third-order valence-electron chi connectivity index (χ3n) is 5.54. The first-order chi connectivity index (χ1) is 16.4. The second-order valence-electron chi connectivity index (χ2n) is 8.60. The van der Waals surface area contributed by atoms with Gasteiger partial charge in [-0.2, -0.15) is 5.26 Å². The molecular weight excluding hydrogens is 412 g/mol. The molecule has 0 bridgehead atoms. The molecule has 2 heteroatoms. The molecule has 0 radical (unpaired) electrons. The maximum Gasteiger partial charge on any atom is 0.0994 e. The Hall–Kier alpha value is -2.53. The average Bonchev–Trinajstić information content (AvgIpc) is 2.86. The van der Waals surface area contributed by atoms with Gasteiger partial charge in [0.25, 0.3) is 0 Å². The highest BCUT2D eigenvalue weighted by atomic mass is 14.8. The van der Waals surface area contributed by atoms with Crippen LogP contribution in [0.4, 0.5) is 5.69 Å². The van der Waals surface area contributed by atoms with Crippen LogP contribution in [0.2, 0.25) is 0 Å². The van der Waals surface area contributed by atoms with Gasteiger partial charge in [0.1, 0.15) is 0 Å². The fourth-order valence-electron chi connectivity index (χ4n) is 2.65. The third kappa shape index (κ3) is 17.0. The summed E-state index contributed by atoms with van der Waals surface area (Å²) in [4.78, 5) is 0. The molecule has 2 aromatic rings. The minimum Gasteiger partial charge on any atom is -0.362 e. The van der Waals surface area contributed by atoms with Crippen LogP contribution in [-0.4, -0.2) is 0 Å². The van der Waals surface area contributed by atoms with E-state index in [-0.39, 0.29) is 0 Å². The first kappa shape index (κ1) is 33.6. The minimum absolute atomic E-state index is 0.819. The van der Waals surface area contributed by atoms with Crippen LogP contribution in [0, 0.1) is 32.1 Å². The van der Waals surface area contributed by atoms with Crippen LogP contribution < -0.4 is 5.32 Å². The molecule has 0 spiro atoms. The summed E-state index contributed by atoms with van der Waals surface area (Å²) in [6, 6.07) is 14.6. The van der Waals surface area contributed by atoms with Crippen LogP contribution >= 0.6 is 0 Å². The Morgan fingerprint density at radius 1 is 0.794 bits per heavy atom. The fraction of sp³-hybridized carbons (Fsp3) is 0.531. The molecule has 0 aliphatic rings. The van der Waals surface area contributed by atoms with Crippen LogP contribution in [0.5, 0.6) is 0 Å². The fourth-order valence-corrected chi connectivity index (χ4v) is 2.65. The van der Waals surface area contributed by atoms with E-state index in [0.717, 1.165) is 23.2 Å². The van der Waals surface area contributed by atoms with Gasteiger partial charge < -0.3 is 5.32 Å². The predicted molar refractivity (Wildman–Crippen MR) is 155 cm³/mol. The lowest BCUT2D eigenvalue weighted by atomic mass is 9.98. The van der Waals surface area contributed by atoms with Crippen molar-refractivity contribution in [3.8, 4) is 6.07 Å². The molecule has 0 atom stereocenters. The second-order valence-corrected chi connectivity index (χ2v) is 8.60. The summed E-state index contributed by atoms with van der Waals surface area (Å²) in [6.45, 7) is 19.2. The Bertz CT molecular complexity index is 804. The molecule has 190 valence electrons. The van der Waals surface area contributed by atoms with Crippen molar-refractivity contribution in [2.45, 2.75) is 114 Å². The highest BCUT2D eigenvalue weighted by molar-refractivity contribution is 5.49. The van der Waals surface area contributed by atoms with Gasteiger partial charge >= 0.3 is 0 Å². The van der Waals surface area contributed by atoms with Crippen molar-refractivity contribution in [1.82, 2.24) is 0 Å². The van der Waals surface area contributed by atoms with Crippen molar-refractivity contribution in [2.24, 2.45) is 0 Å². The molecule has 2 nitrogen and oxygen atoms in total. The molecular formula is C32H52N2. The van der Waals surface area contributed by atoms with Crippen molar-refractivity contribution in [1.29, 1.82) is 5.26 Å². The largest absolute Gasteiger partial charge is 0.362 e. The van der Waals surface area contributed by atoms with E-state index in [1.165, 1.54) is 61.6 Å². The van der Waals surface area contributed by atoms with E-state index in [1.807, 2.05) is 38.3 Å². The van der Waals surface area contributed by atoms with Gasteiger partial charge in [-0.1, -0.05) is 97.4 Å². The number of hydrogen-bond acceptors (Lipinski definition) is 2. The van der Waals surface area contributed by atoms with E-state index in [2.05, 4.69) is 84.1 Å². The lowest BCUT2D eigenvalue weighted by Crippen LogP contribution is -1.92.